The zero-order chi connectivity index (χ0) is 12.3. The summed E-state index contributed by atoms with van der Waals surface area (Å²) in [4.78, 5) is 4.24. The van der Waals surface area contributed by atoms with Gasteiger partial charge in [-0.1, -0.05) is 0 Å². The van der Waals surface area contributed by atoms with E-state index in [-0.39, 0.29) is 6.10 Å². The van der Waals surface area contributed by atoms with Gasteiger partial charge in [0.05, 0.1) is 42.3 Å². The van der Waals surface area contributed by atoms with Crippen LogP contribution in [0.1, 0.15) is 5.56 Å². The van der Waals surface area contributed by atoms with Crippen LogP contribution in [0, 0.1) is 6.92 Å². The maximum atomic E-state index is 5.76. The van der Waals surface area contributed by atoms with E-state index < -0.39 is 0 Å². The van der Waals surface area contributed by atoms with Gasteiger partial charge in [0.1, 0.15) is 5.82 Å². The van der Waals surface area contributed by atoms with Crippen molar-refractivity contribution in [2.24, 2.45) is 0 Å². The highest BCUT2D eigenvalue weighted by molar-refractivity contribution is 9.10. The Labute approximate surface area is 109 Å². The maximum absolute atomic E-state index is 5.76. The summed E-state index contributed by atoms with van der Waals surface area (Å²) in [5.41, 5.74) is 7.43. The highest BCUT2D eigenvalue weighted by Gasteiger charge is 2.15. The third kappa shape index (κ3) is 3.08. The van der Waals surface area contributed by atoms with Gasteiger partial charge >= 0.3 is 0 Å². The minimum Gasteiger partial charge on any atom is -0.397 e. The lowest BCUT2D eigenvalue weighted by molar-refractivity contribution is -0.0819. The molecule has 2 heterocycles. The van der Waals surface area contributed by atoms with E-state index in [1.807, 2.05) is 6.92 Å². The van der Waals surface area contributed by atoms with Crippen molar-refractivity contribution in [3.63, 3.8) is 0 Å². The summed E-state index contributed by atoms with van der Waals surface area (Å²) in [6, 6.07) is 0. The van der Waals surface area contributed by atoms with Crippen LogP contribution in [0.25, 0.3) is 0 Å². The summed E-state index contributed by atoms with van der Waals surface area (Å²) in [6.07, 6.45) is 1.73. The second kappa shape index (κ2) is 5.66. The number of nitrogens with two attached hydrogens (primary N) is 1. The molecular weight excluding hydrogens is 286 g/mol. The maximum Gasteiger partial charge on any atom is 0.140 e. The van der Waals surface area contributed by atoms with Gasteiger partial charge in [-0.15, -0.1) is 0 Å². The zero-order valence-corrected chi connectivity index (χ0v) is 11.3. The first-order valence-electron chi connectivity index (χ1n) is 5.52. The summed E-state index contributed by atoms with van der Waals surface area (Å²) in [5, 5.41) is 3.23. The Morgan fingerprint density at radius 2 is 2.41 bits per heavy atom. The van der Waals surface area contributed by atoms with Crippen LogP contribution in [0.3, 0.4) is 0 Å². The molecule has 0 aromatic carbocycles. The Bertz CT molecular complexity index is 395. The third-order valence-corrected chi connectivity index (χ3v) is 3.66. The van der Waals surface area contributed by atoms with Crippen LogP contribution < -0.4 is 11.1 Å². The van der Waals surface area contributed by atoms with Crippen LogP contribution in [0.15, 0.2) is 10.7 Å². The smallest absolute Gasteiger partial charge is 0.140 e. The number of pyridine rings is 1. The Morgan fingerprint density at radius 3 is 3.12 bits per heavy atom. The fourth-order valence-corrected chi connectivity index (χ4v) is 2.05. The van der Waals surface area contributed by atoms with Crippen LogP contribution in [-0.4, -0.2) is 37.5 Å². The average Bonchev–Trinajstić information content (AvgIpc) is 2.36. The molecule has 5 nitrogen and oxygen atoms in total. The van der Waals surface area contributed by atoms with Crippen molar-refractivity contribution in [1.29, 1.82) is 0 Å². The molecule has 1 unspecified atom stereocenters. The number of halogens is 1. The van der Waals surface area contributed by atoms with Gasteiger partial charge in [0, 0.05) is 6.54 Å². The number of aromatic nitrogens is 1. The summed E-state index contributed by atoms with van der Waals surface area (Å²) < 4.78 is 11.8. The van der Waals surface area contributed by atoms with E-state index in [9.17, 15) is 0 Å². The van der Waals surface area contributed by atoms with Crippen molar-refractivity contribution in [3.8, 4) is 0 Å². The summed E-state index contributed by atoms with van der Waals surface area (Å²) in [5.74, 6) is 0.783. The molecule has 0 saturated carbocycles. The monoisotopic (exact) mass is 301 g/mol. The number of hydrogen-bond donors (Lipinski definition) is 2. The molecule has 1 aliphatic rings. The summed E-state index contributed by atoms with van der Waals surface area (Å²) >= 11 is 3.48. The lowest BCUT2D eigenvalue weighted by atomic mass is 10.2. The van der Waals surface area contributed by atoms with Gasteiger partial charge in [0.15, 0.2) is 0 Å². The molecule has 17 heavy (non-hydrogen) atoms. The lowest BCUT2D eigenvalue weighted by Gasteiger charge is -2.23. The van der Waals surface area contributed by atoms with E-state index in [1.165, 1.54) is 0 Å². The molecule has 1 aromatic heterocycles. The number of anilines is 2. The Hall–Kier alpha value is -0.850. The lowest BCUT2D eigenvalue weighted by Crippen LogP contribution is -2.34. The first-order chi connectivity index (χ1) is 8.18. The summed E-state index contributed by atoms with van der Waals surface area (Å²) in [6.45, 7) is 4.58. The predicted octanol–water partition coefficient (Wildman–Crippen LogP) is 1.56. The molecule has 94 valence electrons. The molecule has 0 aliphatic carbocycles. The van der Waals surface area contributed by atoms with Crippen molar-refractivity contribution in [2.45, 2.75) is 13.0 Å². The molecule has 1 atom stereocenters. The number of hydrogen-bond acceptors (Lipinski definition) is 5. The van der Waals surface area contributed by atoms with Crippen molar-refractivity contribution in [3.05, 3.63) is 16.2 Å². The van der Waals surface area contributed by atoms with Gasteiger partial charge in [0.2, 0.25) is 0 Å². The van der Waals surface area contributed by atoms with Gasteiger partial charge in [-0.3, -0.25) is 0 Å². The molecular formula is C11H16BrN3O2. The highest BCUT2D eigenvalue weighted by atomic mass is 79.9. The molecule has 3 N–H and O–H groups in total. The Balaban J connectivity index is 1.96. The number of nitrogens with zero attached hydrogens (tertiary/aromatic N) is 1. The molecule has 2 rings (SSSR count). The zero-order valence-electron chi connectivity index (χ0n) is 9.70. The molecule has 1 fully saturated rings. The minimum atomic E-state index is 0.0790. The number of ether oxygens (including phenoxy) is 2. The molecule has 0 bridgehead atoms. The predicted molar refractivity (Wildman–Crippen MR) is 70.1 cm³/mol. The van der Waals surface area contributed by atoms with Crippen LogP contribution in [0.4, 0.5) is 11.5 Å². The van der Waals surface area contributed by atoms with Crippen molar-refractivity contribution >= 4 is 27.4 Å². The van der Waals surface area contributed by atoms with Gasteiger partial charge in [-0.05, 0) is 28.4 Å². The molecule has 0 amide bonds. The van der Waals surface area contributed by atoms with Gasteiger partial charge in [-0.2, -0.15) is 0 Å². The largest absolute Gasteiger partial charge is 0.397 e. The molecule has 1 saturated heterocycles. The molecule has 1 aliphatic heterocycles. The van der Waals surface area contributed by atoms with Crippen molar-refractivity contribution in [1.82, 2.24) is 4.98 Å². The molecule has 0 radical (unpaired) electrons. The average molecular weight is 302 g/mol. The molecule has 1 aromatic rings. The number of rotatable bonds is 3. The third-order valence-electron chi connectivity index (χ3n) is 2.69. The second-order valence-electron chi connectivity index (χ2n) is 3.95. The van der Waals surface area contributed by atoms with E-state index in [4.69, 9.17) is 15.2 Å². The van der Waals surface area contributed by atoms with E-state index in [1.54, 1.807) is 6.20 Å². The normalized spacial score (nSPS) is 20.2. The Kier molecular flexibility index (Phi) is 4.20. The molecule has 0 spiro atoms. The van der Waals surface area contributed by atoms with E-state index in [0.717, 1.165) is 15.9 Å². The number of nitrogens with one attached hydrogen (secondary N) is 1. The van der Waals surface area contributed by atoms with E-state index in [2.05, 4.69) is 26.2 Å². The summed E-state index contributed by atoms with van der Waals surface area (Å²) in [7, 11) is 0. The van der Waals surface area contributed by atoms with Crippen LogP contribution in [0.2, 0.25) is 0 Å². The number of nitrogen functional groups attached to an aromatic ring is 1. The SMILES string of the molecule is Cc1c(N)cnc(NCC2COCCO2)c1Br. The standard InChI is InChI=1S/C11H16BrN3O2/c1-7-9(13)5-15-11(10(7)12)14-4-8-6-16-2-3-17-8/h5,8H,2-4,6,13H2,1H3,(H,14,15). The topological polar surface area (TPSA) is 69.4 Å². The Morgan fingerprint density at radius 1 is 1.59 bits per heavy atom. The van der Waals surface area contributed by atoms with Crippen molar-refractivity contribution in [2.75, 3.05) is 37.4 Å². The van der Waals surface area contributed by atoms with Gasteiger partial charge < -0.3 is 20.5 Å². The van der Waals surface area contributed by atoms with Gasteiger partial charge in [-0.25, -0.2) is 4.98 Å². The van der Waals surface area contributed by atoms with Crippen LogP contribution >= 0.6 is 15.9 Å². The van der Waals surface area contributed by atoms with Crippen LogP contribution in [-0.2, 0) is 9.47 Å². The first kappa shape index (κ1) is 12.6. The van der Waals surface area contributed by atoms with E-state index >= 15 is 0 Å². The van der Waals surface area contributed by atoms with Crippen molar-refractivity contribution < 1.29 is 9.47 Å². The first-order valence-corrected chi connectivity index (χ1v) is 6.31. The van der Waals surface area contributed by atoms with Gasteiger partial charge in [0.25, 0.3) is 0 Å². The fourth-order valence-electron chi connectivity index (χ4n) is 1.58. The van der Waals surface area contributed by atoms with Crippen LogP contribution in [0.5, 0.6) is 0 Å². The second-order valence-corrected chi connectivity index (χ2v) is 4.74. The molecule has 6 heteroatoms. The highest BCUT2D eigenvalue weighted by Crippen LogP contribution is 2.27. The minimum absolute atomic E-state index is 0.0790. The quantitative estimate of drug-likeness (QED) is 0.887. The van der Waals surface area contributed by atoms with E-state index in [0.29, 0.717) is 32.1 Å². The fraction of sp³-hybridized carbons (Fsp3) is 0.545.